The van der Waals surface area contributed by atoms with Crippen molar-refractivity contribution in [3.63, 3.8) is 0 Å². The molecule has 0 saturated heterocycles. The molecule has 0 unspecified atom stereocenters. The lowest BCUT2D eigenvalue weighted by atomic mass is 10.0. The molecule has 0 bridgehead atoms. The fourth-order valence-corrected chi connectivity index (χ4v) is 2.67. The SMILES string of the molecule is Cc1ccc(C(=O)NC[C@H](c2cccc(F)c2)N(C)C)c(C)c1. The van der Waals surface area contributed by atoms with Crippen LogP contribution in [0.1, 0.15) is 33.1 Å². The molecule has 23 heavy (non-hydrogen) atoms. The molecular weight excluding hydrogens is 291 g/mol. The molecule has 0 radical (unpaired) electrons. The van der Waals surface area contributed by atoms with E-state index in [1.165, 1.54) is 12.1 Å². The van der Waals surface area contributed by atoms with Crippen LogP contribution in [0.2, 0.25) is 0 Å². The minimum Gasteiger partial charge on any atom is -0.350 e. The van der Waals surface area contributed by atoms with Gasteiger partial charge in [-0.15, -0.1) is 0 Å². The van der Waals surface area contributed by atoms with Crippen LogP contribution in [0, 0.1) is 19.7 Å². The highest BCUT2D eigenvalue weighted by molar-refractivity contribution is 5.95. The smallest absolute Gasteiger partial charge is 0.251 e. The molecule has 2 rings (SSSR count). The van der Waals surface area contributed by atoms with Gasteiger partial charge in [0.15, 0.2) is 0 Å². The first-order valence-electron chi connectivity index (χ1n) is 7.66. The van der Waals surface area contributed by atoms with Gasteiger partial charge in [0.05, 0.1) is 6.04 Å². The zero-order valence-corrected chi connectivity index (χ0v) is 14.1. The first-order chi connectivity index (χ1) is 10.9. The number of hydrogen-bond donors (Lipinski definition) is 1. The average molecular weight is 314 g/mol. The molecule has 2 aromatic rings. The van der Waals surface area contributed by atoms with Crippen molar-refractivity contribution in [2.45, 2.75) is 19.9 Å². The van der Waals surface area contributed by atoms with Gasteiger partial charge in [-0.3, -0.25) is 4.79 Å². The highest BCUT2D eigenvalue weighted by Crippen LogP contribution is 2.19. The van der Waals surface area contributed by atoms with Gasteiger partial charge >= 0.3 is 0 Å². The fraction of sp³-hybridized carbons (Fsp3) is 0.316. The lowest BCUT2D eigenvalue weighted by Crippen LogP contribution is -2.34. The molecule has 0 aromatic heterocycles. The summed E-state index contributed by atoms with van der Waals surface area (Å²) in [5.74, 6) is -0.374. The Morgan fingerprint density at radius 1 is 1.17 bits per heavy atom. The van der Waals surface area contributed by atoms with Crippen molar-refractivity contribution in [2.24, 2.45) is 0 Å². The topological polar surface area (TPSA) is 32.3 Å². The van der Waals surface area contributed by atoms with Crippen molar-refractivity contribution in [1.82, 2.24) is 10.2 Å². The van der Waals surface area contributed by atoms with Gasteiger partial charge < -0.3 is 10.2 Å². The predicted octanol–water partition coefficient (Wildman–Crippen LogP) is 3.48. The number of benzene rings is 2. The third-order valence-electron chi connectivity index (χ3n) is 3.94. The van der Waals surface area contributed by atoms with Crippen LogP contribution in [0.25, 0.3) is 0 Å². The maximum Gasteiger partial charge on any atom is 0.251 e. The number of nitrogens with zero attached hydrogens (tertiary/aromatic N) is 1. The van der Waals surface area contributed by atoms with Gasteiger partial charge in [-0.05, 0) is 57.3 Å². The first kappa shape index (κ1) is 17.2. The average Bonchev–Trinajstić information content (AvgIpc) is 2.47. The number of rotatable bonds is 5. The van der Waals surface area contributed by atoms with E-state index in [1.54, 1.807) is 6.07 Å². The summed E-state index contributed by atoms with van der Waals surface area (Å²) in [6.07, 6.45) is 0. The Hall–Kier alpha value is -2.20. The van der Waals surface area contributed by atoms with Crippen LogP contribution >= 0.6 is 0 Å². The van der Waals surface area contributed by atoms with E-state index in [0.717, 1.165) is 16.7 Å². The molecule has 0 aliphatic carbocycles. The lowest BCUT2D eigenvalue weighted by Gasteiger charge is -2.25. The van der Waals surface area contributed by atoms with Crippen molar-refractivity contribution in [1.29, 1.82) is 0 Å². The third kappa shape index (κ3) is 4.39. The number of aryl methyl sites for hydroxylation is 2. The fourth-order valence-electron chi connectivity index (χ4n) is 2.67. The van der Waals surface area contributed by atoms with Crippen LogP contribution in [0.15, 0.2) is 42.5 Å². The molecule has 0 saturated carbocycles. The molecule has 1 amide bonds. The zero-order chi connectivity index (χ0) is 17.0. The largest absolute Gasteiger partial charge is 0.350 e. The molecule has 1 atom stereocenters. The zero-order valence-electron chi connectivity index (χ0n) is 14.1. The Labute approximate surface area is 137 Å². The molecule has 0 aliphatic heterocycles. The van der Waals surface area contributed by atoms with E-state index < -0.39 is 0 Å². The van der Waals surface area contributed by atoms with Gasteiger partial charge in [0.2, 0.25) is 0 Å². The molecule has 2 aromatic carbocycles. The van der Waals surface area contributed by atoms with E-state index in [9.17, 15) is 9.18 Å². The quantitative estimate of drug-likeness (QED) is 0.916. The molecule has 0 spiro atoms. The predicted molar refractivity (Wildman–Crippen MR) is 91.1 cm³/mol. The second-order valence-electron chi connectivity index (χ2n) is 6.06. The first-order valence-corrected chi connectivity index (χ1v) is 7.66. The molecular formula is C19H23FN2O. The monoisotopic (exact) mass is 314 g/mol. The molecule has 4 heteroatoms. The maximum absolute atomic E-state index is 13.4. The Kier molecular flexibility index (Phi) is 5.50. The number of halogens is 1. The Balaban J connectivity index is 2.11. The van der Waals surface area contributed by atoms with Crippen molar-refractivity contribution in [2.75, 3.05) is 20.6 Å². The van der Waals surface area contributed by atoms with Crippen LogP contribution < -0.4 is 5.32 Å². The normalized spacial score (nSPS) is 12.3. The summed E-state index contributed by atoms with van der Waals surface area (Å²) in [5, 5.41) is 2.96. The van der Waals surface area contributed by atoms with Crippen molar-refractivity contribution >= 4 is 5.91 Å². The summed E-state index contributed by atoms with van der Waals surface area (Å²) in [5.41, 5.74) is 3.60. The molecule has 1 N–H and O–H groups in total. The Bertz CT molecular complexity index is 698. The summed E-state index contributed by atoms with van der Waals surface area (Å²) in [6, 6.07) is 12.2. The van der Waals surface area contributed by atoms with Crippen LogP contribution in [0.3, 0.4) is 0 Å². The number of carbonyl (C=O) groups excluding carboxylic acids is 1. The molecule has 122 valence electrons. The molecule has 0 heterocycles. The highest BCUT2D eigenvalue weighted by Gasteiger charge is 2.17. The summed E-state index contributed by atoms with van der Waals surface area (Å²) < 4.78 is 13.4. The lowest BCUT2D eigenvalue weighted by molar-refractivity contribution is 0.0941. The number of carbonyl (C=O) groups is 1. The van der Waals surface area contributed by atoms with Crippen molar-refractivity contribution in [3.05, 3.63) is 70.5 Å². The highest BCUT2D eigenvalue weighted by atomic mass is 19.1. The molecule has 0 aliphatic rings. The van der Waals surface area contributed by atoms with Gasteiger partial charge in [0.1, 0.15) is 5.82 Å². The van der Waals surface area contributed by atoms with Gasteiger partial charge in [-0.25, -0.2) is 4.39 Å². The second kappa shape index (κ2) is 7.38. The summed E-state index contributed by atoms with van der Waals surface area (Å²) in [7, 11) is 3.83. The number of hydrogen-bond acceptors (Lipinski definition) is 2. The minimum atomic E-state index is -0.268. The molecule has 0 fully saturated rings. The van der Waals surface area contributed by atoms with Gasteiger partial charge in [0.25, 0.3) is 5.91 Å². The Morgan fingerprint density at radius 2 is 1.91 bits per heavy atom. The molecule has 3 nitrogen and oxygen atoms in total. The van der Waals surface area contributed by atoms with E-state index in [0.29, 0.717) is 12.1 Å². The standard InChI is InChI=1S/C19H23FN2O/c1-13-8-9-17(14(2)10-13)19(23)21-12-18(22(3)4)15-6-5-7-16(20)11-15/h5-11,18H,12H2,1-4H3,(H,21,23)/t18-/m1/s1. The number of likely N-dealkylation sites (N-methyl/N-ethyl adjacent to an activating group) is 1. The summed E-state index contributed by atoms with van der Waals surface area (Å²) in [6.45, 7) is 4.35. The maximum atomic E-state index is 13.4. The minimum absolute atomic E-state index is 0.0830. The van der Waals surface area contributed by atoms with E-state index >= 15 is 0 Å². The van der Waals surface area contributed by atoms with Crippen LogP contribution in [-0.2, 0) is 0 Å². The Morgan fingerprint density at radius 3 is 2.52 bits per heavy atom. The summed E-state index contributed by atoms with van der Waals surface area (Å²) in [4.78, 5) is 14.4. The van der Waals surface area contributed by atoms with Crippen molar-refractivity contribution in [3.8, 4) is 0 Å². The number of amides is 1. The second-order valence-corrected chi connectivity index (χ2v) is 6.06. The number of nitrogens with one attached hydrogen (secondary N) is 1. The van der Waals surface area contributed by atoms with E-state index in [2.05, 4.69) is 5.32 Å². The van der Waals surface area contributed by atoms with Crippen LogP contribution in [0.4, 0.5) is 4.39 Å². The van der Waals surface area contributed by atoms with Gasteiger partial charge in [-0.1, -0.05) is 29.8 Å². The summed E-state index contributed by atoms with van der Waals surface area (Å²) >= 11 is 0. The van der Waals surface area contributed by atoms with Gasteiger partial charge in [0, 0.05) is 12.1 Å². The van der Waals surface area contributed by atoms with E-state index in [1.807, 2.05) is 57.1 Å². The van der Waals surface area contributed by atoms with Crippen molar-refractivity contribution < 1.29 is 9.18 Å². The van der Waals surface area contributed by atoms with Crippen LogP contribution in [-0.4, -0.2) is 31.4 Å². The van der Waals surface area contributed by atoms with Crippen LogP contribution in [0.5, 0.6) is 0 Å². The van der Waals surface area contributed by atoms with Gasteiger partial charge in [-0.2, -0.15) is 0 Å². The third-order valence-corrected chi connectivity index (χ3v) is 3.94. The van der Waals surface area contributed by atoms with E-state index in [4.69, 9.17) is 0 Å². The van der Waals surface area contributed by atoms with E-state index in [-0.39, 0.29) is 17.8 Å².